The largest absolute Gasteiger partial charge is 0.619 e. The van der Waals surface area contributed by atoms with E-state index in [-0.39, 0.29) is 17.9 Å². The second kappa shape index (κ2) is 6.70. The quantitative estimate of drug-likeness (QED) is 0.559. The summed E-state index contributed by atoms with van der Waals surface area (Å²) in [6.07, 6.45) is 3.53. The van der Waals surface area contributed by atoms with Crippen molar-refractivity contribution in [1.82, 2.24) is 15.3 Å². The van der Waals surface area contributed by atoms with Crippen molar-refractivity contribution in [2.24, 2.45) is 5.92 Å². The first-order valence-electron chi connectivity index (χ1n) is 8.03. The fourth-order valence-electron chi connectivity index (χ4n) is 2.62. The van der Waals surface area contributed by atoms with Crippen LogP contribution in [-0.4, -0.2) is 15.9 Å². The monoisotopic (exact) mass is 324 g/mol. The summed E-state index contributed by atoms with van der Waals surface area (Å²) in [6.45, 7) is 4.16. The van der Waals surface area contributed by atoms with Gasteiger partial charge in [-0.3, -0.25) is 4.79 Å². The molecule has 6 heteroatoms. The number of aromatic nitrogens is 3. The van der Waals surface area contributed by atoms with Gasteiger partial charge in [-0.05, 0) is 18.1 Å². The van der Waals surface area contributed by atoms with Gasteiger partial charge in [-0.2, -0.15) is 4.73 Å². The van der Waals surface area contributed by atoms with E-state index in [1.54, 1.807) is 0 Å². The van der Waals surface area contributed by atoms with Gasteiger partial charge >= 0.3 is 0 Å². The highest BCUT2D eigenvalue weighted by Gasteiger charge is 2.24. The molecule has 0 aliphatic heterocycles. The highest BCUT2D eigenvalue weighted by Crippen LogP contribution is 2.25. The van der Waals surface area contributed by atoms with Gasteiger partial charge in [0.25, 0.3) is 5.91 Å². The van der Waals surface area contributed by atoms with Crippen molar-refractivity contribution < 1.29 is 9.52 Å². The summed E-state index contributed by atoms with van der Waals surface area (Å²) in [5, 5.41) is 14.1. The maximum atomic E-state index is 12.5. The standard InChI is InChI=1S/C18H20N4O2/c1-3-12(2)16(17-19-14-6-4-5-7-15(14)20-17)21-18(23)13-8-10-22(24)11-9-13/h4-12,16H,3H2,1-2H3,(H,19,20)(H,21,23). The summed E-state index contributed by atoms with van der Waals surface area (Å²) in [4.78, 5) is 20.4. The number of fused-ring (bicyclic) bond motifs is 1. The Balaban J connectivity index is 1.89. The molecule has 0 aliphatic carbocycles. The van der Waals surface area contributed by atoms with Crippen LogP contribution in [0.15, 0.2) is 48.8 Å². The summed E-state index contributed by atoms with van der Waals surface area (Å²) in [7, 11) is 0. The molecule has 2 N–H and O–H groups in total. The Labute approximate surface area is 140 Å². The van der Waals surface area contributed by atoms with E-state index in [0.29, 0.717) is 10.3 Å². The van der Waals surface area contributed by atoms with Crippen molar-refractivity contribution >= 4 is 16.9 Å². The van der Waals surface area contributed by atoms with Crippen LogP contribution >= 0.6 is 0 Å². The molecule has 0 saturated heterocycles. The Morgan fingerprint density at radius 1 is 1.29 bits per heavy atom. The lowest BCUT2D eigenvalue weighted by molar-refractivity contribution is -0.605. The fourth-order valence-corrected chi connectivity index (χ4v) is 2.62. The van der Waals surface area contributed by atoms with Crippen LogP contribution in [0.5, 0.6) is 0 Å². The first kappa shape index (κ1) is 16.0. The van der Waals surface area contributed by atoms with Crippen molar-refractivity contribution in [1.29, 1.82) is 0 Å². The topological polar surface area (TPSA) is 84.7 Å². The van der Waals surface area contributed by atoms with E-state index in [9.17, 15) is 10.0 Å². The van der Waals surface area contributed by atoms with Crippen molar-refractivity contribution in [3.05, 3.63) is 65.4 Å². The number of H-pyrrole nitrogens is 1. The van der Waals surface area contributed by atoms with E-state index in [1.807, 2.05) is 24.3 Å². The summed E-state index contributed by atoms with van der Waals surface area (Å²) >= 11 is 0. The zero-order valence-electron chi connectivity index (χ0n) is 13.7. The number of aromatic amines is 1. The minimum absolute atomic E-state index is 0.211. The number of carbonyl (C=O) groups is 1. The van der Waals surface area contributed by atoms with Crippen molar-refractivity contribution in [2.45, 2.75) is 26.3 Å². The molecule has 2 unspecified atom stereocenters. The average molecular weight is 324 g/mol. The summed E-state index contributed by atoms with van der Waals surface area (Å²) in [5.74, 6) is 0.734. The highest BCUT2D eigenvalue weighted by molar-refractivity contribution is 5.94. The van der Waals surface area contributed by atoms with E-state index in [2.05, 4.69) is 29.1 Å². The maximum Gasteiger partial charge on any atom is 0.252 e. The van der Waals surface area contributed by atoms with Gasteiger partial charge in [0.05, 0.1) is 22.6 Å². The predicted octanol–water partition coefficient (Wildman–Crippen LogP) is 2.71. The summed E-state index contributed by atoms with van der Waals surface area (Å²) < 4.78 is 0.655. The molecule has 124 valence electrons. The smallest absolute Gasteiger partial charge is 0.252 e. The van der Waals surface area contributed by atoms with Gasteiger partial charge in [0.1, 0.15) is 5.82 Å². The Kier molecular flexibility index (Phi) is 4.46. The van der Waals surface area contributed by atoms with Crippen LogP contribution in [-0.2, 0) is 0 Å². The molecule has 3 aromatic rings. The molecule has 2 aromatic heterocycles. The number of nitrogens with zero attached hydrogens (tertiary/aromatic N) is 2. The highest BCUT2D eigenvalue weighted by atomic mass is 16.5. The summed E-state index contributed by atoms with van der Waals surface area (Å²) in [5.41, 5.74) is 2.27. The first-order chi connectivity index (χ1) is 11.6. The van der Waals surface area contributed by atoms with Gasteiger partial charge in [-0.25, -0.2) is 4.98 Å². The number of nitrogens with one attached hydrogen (secondary N) is 2. The van der Waals surface area contributed by atoms with Crippen LogP contribution in [0.3, 0.4) is 0 Å². The van der Waals surface area contributed by atoms with Crippen molar-refractivity contribution in [3.63, 3.8) is 0 Å². The van der Waals surface area contributed by atoms with Gasteiger partial charge in [0, 0.05) is 12.1 Å². The SMILES string of the molecule is CCC(C)C(NC(=O)c1cc[n+]([O-])cc1)c1nc2ccccc2[nH]1. The van der Waals surface area contributed by atoms with Gasteiger partial charge in [0.15, 0.2) is 12.4 Å². The van der Waals surface area contributed by atoms with E-state index in [4.69, 9.17) is 0 Å². The number of benzene rings is 1. The number of para-hydroxylation sites is 2. The molecular formula is C18H20N4O2. The third-order valence-corrected chi connectivity index (χ3v) is 4.27. The lowest BCUT2D eigenvalue weighted by Crippen LogP contribution is -2.34. The zero-order chi connectivity index (χ0) is 17.1. The molecule has 0 aliphatic rings. The number of rotatable bonds is 5. The van der Waals surface area contributed by atoms with E-state index < -0.39 is 0 Å². The van der Waals surface area contributed by atoms with Crippen LogP contribution < -0.4 is 10.0 Å². The number of carbonyl (C=O) groups excluding carboxylic acids is 1. The van der Waals surface area contributed by atoms with Gasteiger partial charge in [-0.15, -0.1) is 0 Å². The van der Waals surface area contributed by atoms with Crippen molar-refractivity contribution in [3.8, 4) is 0 Å². The Bertz CT molecular complexity index is 809. The molecule has 2 atom stereocenters. The lowest BCUT2D eigenvalue weighted by Gasteiger charge is -2.22. The molecule has 6 nitrogen and oxygen atoms in total. The minimum atomic E-state index is -0.227. The molecule has 2 heterocycles. The number of amides is 1. The molecule has 1 aromatic carbocycles. The van der Waals surface area contributed by atoms with Gasteiger partial charge in [-0.1, -0.05) is 32.4 Å². The first-order valence-corrected chi connectivity index (χ1v) is 8.03. The molecule has 0 spiro atoms. The molecule has 0 saturated carbocycles. The number of hydrogen-bond donors (Lipinski definition) is 2. The Morgan fingerprint density at radius 3 is 2.67 bits per heavy atom. The van der Waals surface area contributed by atoms with Crippen molar-refractivity contribution in [2.75, 3.05) is 0 Å². The fraction of sp³-hybridized carbons (Fsp3) is 0.278. The zero-order valence-corrected chi connectivity index (χ0v) is 13.7. The van der Waals surface area contributed by atoms with E-state index in [1.165, 1.54) is 24.5 Å². The number of imidazole rings is 1. The Morgan fingerprint density at radius 2 is 2.00 bits per heavy atom. The second-order valence-electron chi connectivity index (χ2n) is 5.92. The number of pyridine rings is 1. The third-order valence-electron chi connectivity index (χ3n) is 4.27. The van der Waals surface area contributed by atoms with E-state index >= 15 is 0 Å². The molecule has 3 rings (SSSR count). The van der Waals surface area contributed by atoms with E-state index in [0.717, 1.165) is 23.3 Å². The maximum absolute atomic E-state index is 12.5. The number of hydrogen-bond acceptors (Lipinski definition) is 3. The normalized spacial score (nSPS) is 13.6. The summed E-state index contributed by atoms with van der Waals surface area (Å²) in [6, 6.07) is 10.6. The molecule has 24 heavy (non-hydrogen) atoms. The van der Waals surface area contributed by atoms with Crippen LogP contribution in [0.25, 0.3) is 11.0 Å². The molecule has 0 radical (unpaired) electrons. The van der Waals surface area contributed by atoms with Gasteiger partial charge in [0.2, 0.25) is 0 Å². The lowest BCUT2D eigenvalue weighted by atomic mass is 9.98. The van der Waals surface area contributed by atoms with Crippen LogP contribution in [0.2, 0.25) is 0 Å². The molecular weight excluding hydrogens is 304 g/mol. The molecule has 0 fully saturated rings. The van der Waals surface area contributed by atoms with Crippen LogP contribution in [0, 0.1) is 11.1 Å². The predicted molar refractivity (Wildman–Crippen MR) is 91.2 cm³/mol. The van der Waals surface area contributed by atoms with Gasteiger partial charge < -0.3 is 15.5 Å². The Hall–Kier alpha value is -2.89. The minimum Gasteiger partial charge on any atom is -0.619 e. The van der Waals surface area contributed by atoms with Crippen LogP contribution in [0.1, 0.15) is 42.5 Å². The average Bonchev–Trinajstić information content (AvgIpc) is 3.03. The third kappa shape index (κ3) is 3.22. The molecule has 0 bridgehead atoms. The van der Waals surface area contributed by atoms with Crippen LogP contribution in [0.4, 0.5) is 0 Å². The second-order valence-corrected chi connectivity index (χ2v) is 5.92. The molecule has 1 amide bonds.